The Bertz CT molecular complexity index is 502. The summed E-state index contributed by atoms with van der Waals surface area (Å²) in [6, 6.07) is 11.2. The molecule has 4 heteroatoms. The third-order valence-electron chi connectivity index (χ3n) is 2.59. The Morgan fingerprint density at radius 3 is 2.89 bits per heavy atom. The zero-order valence-corrected chi connectivity index (χ0v) is 10.7. The molecule has 0 spiro atoms. The molecular formula is C14H15ClN2O. The number of nitrogens with two attached hydrogens (primary N) is 1. The molecule has 0 aliphatic rings. The van der Waals surface area contributed by atoms with Crippen molar-refractivity contribution >= 4 is 17.3 Å². The Morgan fingerprint density at radius 2 is 2.11 bits per heavy atom. The summed E-state index contributed by atoms with van der Waals surface area (Å²) < 4.78 is 5.58. The summed E-state index contributed by atoms with van der Waals surface area (Å²) >= 11 is 5.90. The molecule has 2 rings (SSSR count). The van der Waals surface area contributed by atoms with Crippen molar-refractivity contribution in [1.29, 1.82) is 0 Å². The van der Waals surface area contributed by atoms with Gasteiger partial charge in [-0.2, -0.15) is 0 Å². The van der Waals surface area contributed by atoms with Crippen LogP contribution in [0.15, 0.2) is 42.6 Å². The monoisotopic (exact) mass is 262 g/mol. The maximum atomic E-state index is 5.90. The van der Waals surface area contributed by atoms with Gasteiger partial charge in [-0.05, 0) is 30.3 Å². The molecule has 18 heavy (non-hydrogen) atoms. The van der Waals surface area contributed by atoms with E-state index in [0.717, 1.165) is 17.7 Å². The van der Waals surface area contributed by atoms with Crippen LogP contribution < -0.4 is 5.73 Å². The number of aromatic nitrogens is 1. The van der Waals surface area contributed by atoms with E-state index in [4.69, 9.17) is 22.1 Å². The first kappa shape index (κ1) is 12.9. The number of ether oxygens (including phenoxy) is 1. The molecule has 94 valence electrons. The second kappa shape index (κ2) is 6.38. The van der Waals surface area contributed by atoms with Crippen LogP contribution in [0.2, 0.25) is 5.02 Å². The molecule has 0 atom stereocenters. The number of benzene rings is 1. The van der Waals surface area contributed by atoms with Crippen LogP contribution in [0.5, 0.6) is 0 Å². The normalized spacial score (nSPS) is 10.5. The molecule has 0 unspecified atom stereocenters. The lowest BCUT2D eigenvalue weighted by atomic mass is 10.2. The van der Waals surface area contributed by atoms with Crippen molar-refractivity contribution in [2.24, 2.45) is 0 Å². The number of hydrogen-bond acceptors (Lipinski definition) is 3. The van der Waals surface area contributed by atoms with E-state index in [1.54, 1.807) is 18.3 Å². The lowest BCUT2D eigenvalue weighted by Gasteiger charge is -2.07. The van der Waals surface area contributed by atoms with Crippen molar-refractivity contribution in [2.45, 2.75) is 13.0 Å². The summed E-state index contributed by atoms with van der Waals surface area (Å²) in [5.41, 5.74) is 8.48. The largest absolute Gasteiger partial charge is 0.398 e. The average Bonchev–Trinajstić information content (AvgIpc) is 2.40. The van der Waals surface area contributed by atoms with Crippen molar-refractivity contribution in [3.63, 3.8) is 0 Å². The molecule has 3 nitrogen and oxygen atoms in total. The van der Waals surface area contributed by atoms with Gasteiger partial charge in [0, 0.05) is 34.6 Å². The average molecular weight is 263 g/mol. The Kier molecular flexibility index (Phi) is 4.56. The lowest BCUT2D eigenvalue weighted by Crippen LogP contribution is -2.02. The standard InChI is InChI=1S/C14H15ClN2O/c15-12-4-5-14(16)11(9-12)10-18-8-6-13-3-1-2-7-17-13/h1-5,7,9H,6,8,10,16H2. The zero-order chi connectivity index (χ0) is 12.8. The molecule has 1 aromatic heterocycles. The highest BCUT2D eigenvalue weighted by atomic mass is 35.5. The van der Waals surface area contributed by atoms with Gasteiger partial charge in [0.2, 0.25) is 0 Å². The smallest absolute Gasteiger partial charge is 0.0737 e. The van der Waals surface area contributed by atoms with Crippen LogP contribution in [0.25, 0.3) is 0 Å². The van der Waals surface area contributed by atoms with Crippen LogP contribution in [0.1, 0.15) is 11.3 Å². The second-order valence-corrected chi connectivity index (χ2v) is 4.40. The third kappa shape index (κ3) is 3.72. The van der Waals surface area contributed by atoms with Crippen LogP contribution in [0, 0.1) is 0 Å². The number of hydrogen-bond donors (Lipinski definition) is 1. The Labute approximate surface area is 112 Å². The molecule has 0 aliphatic heterocycles. The summed E-state index contributed by atoms with van der Waals surface area (Å²) in [5, 5.41) is 0.674. The third-order valence-corrected chi connectivity index (χ3v) is 2.83. The van der Waals surface area contributed by atoms with Crippen molar-refractivity contribution in [2.75, 3.05) is 12.3 Å². The van der Waals surface area contributed by atoms with Gasteiger partial charge in [-0.15, -0.1) is 0 Å². The first-order valence-electron chi connectivity index (χ1n) is 5.77. The van der Waals surface area contributed by atoms with Crippen molar-refractivity contribution < 1.29 is 4.74 Å². The number of anilines is 1. The SMILES string of the molecule is Nc1ccc(Cl)cc1COCCc1ccccn1. The molecule has 1 heterocycles. The van der Waals surface area contributed by atoms with Gasteiger partial charge >= 0.3 is 0 Å². The molecule has 0 saturated heterocycles. The van der Waals surface area contributed by atoms with Gasteiger partial charge in [0.15, 0.2) is 0 Å². The molecule has 0 fully saturated rings. The predicted molar refractivity (Wildman–Crippen MR) is 73.5 cm³/mol. The molecule has 0 radical (unpaired) electrons. The van der Waals surface area contributed by atoms with Crippen LogP contribution in [0.4, 0.5) is 5.69 Å². The summed E-state index contributed by atoms with van der Waals surface area (Å²) in [5.74, 6) is 0. The fourth-order valence-corrected chi connectivity index (χ4v) is 1.80. The summed E-state index contributed by atoms with van der Waals surface area (Å²) in [6.45, 7) is 1.09. The van der Waals surface area contributed by atoms with Gasteiger partial charge in [0.1, 0.15) is 0 Å². The van der Waals surface area contributed by atoms with Gasteiger partial charge < -0.3 is 10.5 Å². The van der Waals surface area contributed by atoms with E-state index in [9.17, 15) is 0 Å². The highest BCUT2D eigenvalue weighted by molar-refractivity contribution is 6.30. The number of rotatable bonds is 5. The molecule has 1 aromatic carbocycles. The first-order chi connectivity index (χ1) is 8.75. The highest BCUT2D eigenvalue weighted by Crippen LogP contribution is 2.18. The van der Waals surface area contributed by atoms with Gasteiger partial charge in [0.05, 0.1) is 13.2 Å². The fraction of sp³-hybridized carbons (Fsp3) is 0.214. The minimum Gasteiger partial charge on any atom is -0.398 e. The highest BCUT2D eigenvalue weighted by Gasteiger charge is 2.01. The Morgan fingerprint density at radius 1 is 1.22 bits per heavy atom. The van der Waals surface area contributed by atoms with E-state index >= 15 is 0 Å². The maximum Gasteiger partial charge on any atom is 0.0737 e. The molecular weight excluding hydrogens is 248 g/mol. The Balaban J connectivity index is 1.80. The van der Waals surface area contributed by atoms with Crippen LogP contribution in [0.3, 0.4) is 0 Å². The molecule has 0 bridgehead atoms. The van der Waals surface area contributed by atoms with Gasteiger partial charge in [-0.3, -0.25) is 4.98 Å². The van der Waals surface area contributed by atoms with E-state index in [1.807, 2.05) is 24.3 Å². The van der Waals surface area contributed by atoms with E-state index in [1.165, 1.54) is 0 Å². The number of halogens is 1. The zero-order valence-electron chi connectivity index (χ0n) is 9.97. The predicted octanol–water partition coefficient (Wildman–Crippen LogP) is 3.08. The summed E-state index contributed by atoms with van der Waals surface area (Å²) in [4.78, 5) is 4.23. The number of nitrogens with zero attached hydrogens (tertiary/aromatic N) is 1. The topological polar surface area (TPSA) is 48.1 Å². The van der Waals surface area contributed by atoms with Crippen molar-refractivity contribution in [1.82, 2.24) is 4.98 Å². The number of pyridine rings is 1. The van der Waals surface area contributed by atoms with Gasteiger partial charge in [-0.1, -0.05) is 17.7 Å². The summed E-state index contributed by atoms with van der Waals surface area (Å²) in [6.07, 6.45) is 2.58. The molecule has 0 aliphatic carbocycles. The Hall–Kier alpha value is -1.58. The van der Waals surface area contributed by atoms with E-state index in [0.29, 0.717) is 23.9 Å². The second-order valence-electron chi connectivity index (χ2n) is 3.97. The molecule has 2 aromatic rings. The molecule has 0 amide bonds. The number of nitrogen functional groups attached to an aromatic ring is 1. The van der Waals surface area contributed by atoms with Crippen LogP contribution in [-0.2, 0) is 17.8 Å². The summed E-state index contributed by atoms with van der Waals surface area (Å²) in [7, 11) is 0. The van der Waals surface area contributed by atoms with Gasteiger partial charge in [-0.25, -0.2) is 0 Å². The first-order valence-corrected chi connectivity index (χ1v) is 6.15. The fourth-order valence-electron chi connectivity index (χ4n) is 1.60. The van der Waals surface area contributed by atoms with Crippen LogP contribution >= 0.6 is 11.6 Å². The molecule has 0 saturated carbocycles. The van der Waals surface area contributed by atoms with Crippen molar-refractivity contribution in [3.05, 3.63) is 58.9 Å². The quantitative estimate of drug-likeness (QED) is 0.665. The lowest BCUT2D eigenvalue weighted by molar-refractivity contribution is 0.123. The van der Waals surface area contributed by atoms with E-state index in [-0.39, 0.29) is 0 Å². The van der Waals surface area contributed by atoms with Gasteiger partial charge in [0.25, 0.3) is 0 Å². The van der Waals surface area contributed by atoms with Crippen LogP contribution in [-0.4, -0.2) is 11.6 Å². The molecule has 2 N–H and O–H groups in total. The van der Waals surface area contributed by atoms with Crippen molar-refractivity contribution in [3.8, 4) is 0 Å². The van der Waals surface area contributed by atoms with E-state index < -0.39 is 0 Å². The minimum absolute atomic E-state index is 0.471. The maximum absolute atomic E-state index is 5.90. The minimum atomic E-state index is 0.471. The van der Waals surface area contributed by atoms with E-state index in [2.05, 4.69) is 4.98 Å².